The first kappa shape index (κ1) is 10.8. The SMILES string of the molecule is COC(=O)C1(C)CCN(C(N)=O)CC1. The predicted molar refractivity (Wildman–Crippen MR) is 50.5 cm³/mol. The summed E-state index contributed by atoms with van der Waals surface area (Å²) in [7, 11) is 1.38. The van der Waals surface area contributed by atoms with Gasteiger partial charge in [0, 0.05) is 13.1 Å². The van der Waals surface area contributed by atoms with E-state index >= 15 is 0 Å². The molecular formula is C9H16N2O3. The minimum atomic E-state index is -0.458. The van der Waals surface area contributed by atoms with Gasteiger partial charge in [-0.25, -0.2) is 4.79 Å². The zero-order chi connectivity index (χ0) is 10.8. The normalized spacial score (nSPS) is 20.3. The summed E-state index contributed by atoms with van der Waals surface area (Å²) >= 11 is 0. The summed E-state index contributed by atoms with van der Waals surface area (Å²) in [6.45, 7) is 2.92. The number of carbonyl (C=O) groups excluding carboxylic acids is 2. The lowest BCUT2D eigenvalue weighted by Crippen LogP contribution is -2.47. The Morgan fingerprint density at radius 1 is 1.36 bits per heavy atom. The molecule has 0 aromatic rings. The van der Waals surface area contributed by atoms with E-state index in [4.69, 9.17) is 10.5 Å². The molecule has 0 radical (unpaired) electrons. The summed E-state index contributed by atoms with van der Waals surface area (Å²) in [6.07, 6.45) is 1.23. The van der Waals surface area contributed by atoms with Gasteiger partial charge in [-0.05, 0) is 19.8 Å². The first-order chi connectivity index (χ1) is 6.49. The fraction of sp³-hybridized carbons (Fsp3) is 0.778. The number of hydrogen-bond donors (Lipinski definition) is 1. The Morgan fingerprint density at radius 2 is 1.86 bits per heavy atom. The van der Waals surface area contributed by atoms with E-state index < -0.39 is 11.4 Å². The number of ether oxygens (including phenoxy) is 1. The number of carbonyl (C=O) groups is 2. The standard InChI is InChI=1S/C9H16N2O3/c1-9(7(12)14-2)3-5-11(6-4-9)8(10)13/h3-6H2,1-2H3,(H2,10,13). The summed E-state index contributed by atoms with van der Waals surface area (Å²) in [5.74, 6) is -0.207. The van der Waals surface area contributed by atoms with Gasteiger partial charge in [0.1, 0.15) is 0 Å². The Balaban J connectivity index is 2.57. The lowest BCUT2D eigenvalue weighted by Gasteiger charge is -2.36. The van der Waals surface area contributed by atoms with Crippen molar-refractivity contribution in [3.05, 3.63) is 0 Å². The molecule has 2 N–H and O–H groups in total. The summed E-state index contributed by atoms with van der Waals surface area (Å²) in [6, 6.07) is -0.420. The molecule has 0 saturated carbocycles. The number of piperidine rings is 1. The van der Waals surface area contributed by atoms with Crippen LogP contribution < -0.4 is 5.73 Å². The van der Waals surface area contributed by atoms with Gasteiger partial charge in [-0.1, -0.05) is 0 Å². The Morgan fingerprint density at radius 3 is 2.21 bits per heavy atom. The predicted octanol–water partition coefficient (Wildman–Crippen LogP) is 0.340. The molecule has 2 amide bonds. The third-order valence-corrected chi connectivity index (χ3v) is 2.86. The largest absolute Gasteiger partial charge is 0.469 e. The fourth-order valence-electron chi connectivity index (χ4n) is 1.67. The number of urea groups is 1. The number of amides is 2. The van der Waals surface area contributed by atoms with Crippen molar-refractivity contribution in [1.82, 2.24) is 4.90 Å². The van der Waals surface area contributed by atoms with Crippen LogP contribution in [-0.2, 0) is 9.53 Å². The molecule has 1 aliphatic rings. The van der Waals surface area contributed by atoms with Crippen LogP contribution >= 0.6 is 0 Å². The second-order valence-corrected chi connectivity index (χ2v) is 3.88. The van der Waals surface area contributed by atoms with Crippen LogP contribution in [-0.4, -0.2) is 37.1 Å². The van der Waals surface area contributed by atoms with E-state index in [0.717, 1.165) is 0 Å². The first-order valence-corrected chi connectivity index (χ1v) is 4.62. The average Bonchev–Trinajstić information content (AvgIpc) is 2.17. The smallest absolute Gasteiger partial charge is 0.314 e. The van der Waals surface area contributed by atoms with Crippen LogP contribution in [0.1, 0.15) is 19.8 Å². The number of nitrogens with zero attached hydrogens (tertiary/aromatic N) is 1. The molecule has 1 rings (SSSR count). The number of rotatable bonds is 1. The zero-order valence-electron chi connectivity index (χ0n) is 8.58. The lowest BCUT2D eigenvalue weighted by molar-refractivity contribution is -0.154. The van der Waals surface area contributed by atoms with E-state index in [1.807, 2.05) is 6.92 Å². The van der Waals surface area contributed by atoms with Crippen LogP contribution in [0.2, 0.25) is 0 Å². The van der Waals surface area contributed by atoms with E-state index in [-0.39, 0.29) is 5.97 Å². The molecule has 0 bridgehead atoms. The molecule has 0 atom stereocenters. The van der Waals surface area contributed by atoms with Crippen LogP contribution in [0.25, 0.3) is 0 Å². The van der Waals surface area contributed by atoms with Gasteiger partial charge in [-0.3, -0.25) is 4.79 Å². The zero-order valence-corrected chi connectivity index (χ0v) is 8.58. The van der Waals surface area contributed by atoms with E-state index in [1.165, 1.54) is 7.11 Å². The maximum absolute atomic E-state index is 11.4. The molecule has 0 aromatic heterocycles. The monoisotopic (exact) mass is 200 g/mol. The minimum absolute atomic E-state index is 0.207. The minimum Gasteiger partial charge on any atom is -0.469 e. The van der Waals surface area contributed by atoms with Crippen molar-refractivity contribution in [2.24, 2.45) is 11.1 Å². The van der Waals surface area contributed by atoms with Gasteiger partial charge in [-0.15, -0.1) is 0 Å². The molecule has 1 saturated heterocycles. The van der Waals surface area contributed by atoms with Crippen molar-refractivity contribution in [3.8, 4) is 0 Å². The van der Waals surface area contributed by atoms with Crippen LogP contribution in [0.3, 0.4) is 0 Å². The van der Waals surface area contributed by atoms with Crippen molar-refractivity contribution in [2.75, 3.05) is 20.2 Å². The molecule has 1 heterocycles. The molecule has 14 heavy (non-hydrogen) atoms. The highest BCUT2D eigenvalue weighted by molar-refractivity contribution is 5.77. The fourth-order valence-corrected chi connectivity index (χ4v) is 1.67. The van der Waals surface area contributed by atoms with Crippen molar-refractivity contribution < 1.29 is 14.3 Å². The van der Waals surface area contributed by atoms with Crippen molar-refractivity contribution >= 4 is 12.0 Å². The number of nitrogens with two attached hydrogens (primary N) is 1. The summed E-state index contributed by atoms with van der Waals surface area (Å²) in [4.78, 5) is 23.8. The van der Waals surface area contributed by atoms with Crippen molar-refractivity contribution in [2.45, 2.75) is 19.8 Å². The second-order valence-electron chi connectivity index (χ2n) is 3.88. The van der Waals surface area contributed by atoms with Crippen LogP contribution in [0.4, 0.5) is 4.79 Å². The van der Waals surface area contributed by atoms with Gasteiger partial charge in [0.2, 0.25) is 0 Å². The molecule has 0 aromatic carbocycles. The molecule has 5 nitrogen and oxygen atoms in total. The van der Waals surface area contributed by atoms with E-state index in [2.05, 4.69) is 0 Å². The average molecular weight is 200 g/mol. The van der Waals surface area contributed by atoms with Gasteiger partial charge in [-0.2, -0.15) is 0 Å². The first-order valence-electron chi connectivity index (χ1n) is 4.62. The maximum atomic E-state index is 11.4. The Labute approximate surface area is 83.2 Å². The quantitative estimate of drug-likeness (QED) is 0.620. The highest BCUT2D eigenvalue weighted by Gasteiger charge is 2.38. The molecule has 0 aliphatic carbocycles. The number of methoxy groups -OCH3 is 1. The maximum Gasteiger partial charge on any atom is 0.314 e. The molecular weight excluding hydrogens is 184 g/mol. The summed E-state index contributed by atoms with van der Waals surface area (Å²) in [5.41, 5.74) is 4.68. The van der Waals surface area contributed by atoms with Gasteiger partial charge in [0.15, 0.2) is 0 Å². The number of hydrogen-bond acceptors (Lipinski definition) is 3. The highest BCUT2D eigenvalue weighted by atomic mass is 16.5. The van der Waals surface area contributed by atoms with E-state index in [9.17, 15) is 9.59 Å². The highest BCUT2D eigenvalue weighted by Crippen LogP contribution is 2.31. The Bertz CT molecular complexity index is 244. The molecule has 0 spiro atoms. The Kier molecular flexibility index (Phi) is 2.98. The van der Waals surface area contributed by atoms with Gasteiger partial charge < -0.3 is 15.4 Å². The van der Waals surface area contributed by atoms with E-state index in [1.54, 1.807) is 4.90 Å². The third-order valence-electron chi connectivity index (χ3n) is 2.86. The van der Waals surface area contributed by atoms with Gasteiger partial charge in [0.25, 0.3) is 0 Å². The molecule has 1 fully saturated rings. The summed E-state index contributed by atoms with van der Waals surface area (Å²) in [5, 5.41) is 0. The third kappa shape index (κ3) is 1.97. The van der Waals surface area contributed by atoms with Crippen LogP contribution in [0, 0.1) is 5.41 Å². The topological polar surface area (TPSA) is 72.6 Å². The Hall–Kier alpha value is -1.26. The second kappa shape index (κ2) is 3.86. The van der Waals surface area contributed by atoms with Gasteiger partial charge in [0.05, 0.1) is 12.5 Å². The molecule has 0 unspecified atom stereocenters. The molecule has 5 heteroatoms. The summed E-state index contributed by atoms with van der Waals surface area (Å²) < 4.78 is 4.71. The van der Waals surface area contributed by atoms with Crippen molar-refractivity contribution in [3.63, 3.8) is 0 Å². The van der Waals surface area contributed by atoms with E-state index in [0.29, 0.717) is 25.9 Å². The van der Waals surface area contributed by atoms with Crippen LogP contribution in [0.15, 0.2) is 0 Å². The number of esters is 1. The van der Waals surface area contributed by atoms with Crippen molar-refractivity contribution in [1.29, 1.82) is 0 Å². The molecule has 80 valence electrons. The van der Waals surface area contributed by atoms with Crippen LogP contribution in [0.5, 0.6) is 0 Å². The number of primary amides is 1. The number of likely N-dealkylation sites (tertiary alicyclic amines) is 1. The lowest BCUT2D eigenvalue weighted by atomic mass is 9.80. The van der Waals surface area contributed by atoms with Gasteiger partial charge >= 0.3 is 12.0 Å². The molecule has 1 aliphatic heterocycles.